The second kappa shape index (κ2) is 20.7. The zero-order valence-corrected chi connectivity index (χ0v) is 41.6. The van der Waals surface area contributed by atoms with Crippen LogP contribution >= 0.6 is 0 Å². The first-order chi connectivity index (χ1) is 35.7. The van der Waals surface area contributed by atoms with Crippen LogP contribution in [-0.2, 0) is 17.6 Å². The molecule has 0 saturated carbocycles. The van der Waals surface area contributed by atoms with Gasteiger partial charge in [-0.15, -0.1) is 0 Å². The monoisotopic (exact) mass is 996 g/mol. The fourth-order valence-electron chi connectivity index (χ4n) is 10.9. The van der Waals surface area contributed by atoms with Crippen LogP contribution in [0, 0.1) is 5.41 Å². The third-order valence-electron chi connectivity index (χ3n) is 14.5. The van der Waals surface area contributed by atoms with E-state index in [0.29, 0.717) is 66.0 Å². The third-order valence-corrected chi connectivity index (χ3v) is 14.5. The lowest BCUT2D eigenvalue weighted by atomic mass is 9.77. The van der Waals surface area contributed by atoms with Gasteiger partial charge in [0.2, 0.25) is 0 Å². The summed E-state index contributed by atoms with van der Waals surface area (Å²) in [6.07, 6.45) is 5.62. The highest BCUT2D eigenvalue weighted by Crippen LogP contribution is 2.38. The molecule has 2 saturated heterocycles. The minimum Gasteiger partial charge on any atom is -0.443 e. The van der Waals surface area contributed by atoms with E-state index in [-0.39, 0.29) is 41.0 Å². The van der Waals surface area contributed by atoms with Gasteiger partial charge in [0.15, 0.2) is 23.0 Å². The number of carbonyl (C=O) groups is 5. The van der Waals surface area contributed by atoms with Gasteiger partial charge in [-0.25, -0.2) is 24.7 Å². The number of anilines is 2. The zero-order valence-electron chi connectivity index (χ0n) is 41.6. The smallest absolute Gasteiger partial charge is 0.410 e. The van der Waals surface area contributed by atoms with Gasteiger partial charge in [0, 0.05) is 47.8 Å². The summed E-state index contributed by atoms with van der Waals surface area (Å²) in [5.74, 6) is -1.66. The Labute approximate surface area is 428 Å². The van der Waals surface area contributed by atoms with Gasteiger partial charge in [0.1, 0.15) is 6.10 Å². The molecule has 2 aliphatic carbocycles. The normalized spacial score (nSPS) is 21.0. The van der Waals surface area contributed by atoms with Crippen LogP contribution in [0.3, 0.4) is 0 Å². The standard InChI is InChI=1S/C56H60N12O6/c1-56(2,3)48-41(66-54(72)47-50(58)61-30-43(64-47)33-13-8-15-35(25-33)51(69)65-40-21-20-31-11-4-6-17-38(31)40)19-10-24-68(48)55(73)74-44-27-32-12-5-7-18-39(32)45(44)67-52(70)36-16-9-14-34(26-36)42-29-60-49(57)46(63-42)53(71)62-37-22-23-59-28-37/h4-9,11-18,25-26,29-30,37,40-41,44-45,48,59H,10,19-24,27-28H2,1-3H3,(H2,57,60)(H2,58,61)(H,62,71)(H,65,69)(H,66,72)(H,67,70)/t37-,40-,41?,44-,45+,48?/m0/s1. The maximum atomic E-state index is 14.6. The predicted octanol–water partition coefficient (Wildman–Crippen LogP) is 6.12. The number of ether oxygens (including phenoxy) is 1. The van der Waals surface area contributed by atoms with Crippen LogP contribution in [0.1, 0.15) is 122 Å². The Morgan fingerprint density at radius 1 is 0.676 bits per heavy atom. The largest absolute Gasteiger partial charge is 0.443 e. The van der Waals surface area contributed by atoms with E-state index in [1.165, 1.54) is 18.0 Å². The van der Waals surface area contributed by atoms with Crippen LogP contribution < -0.4 is 38.1 Å². The van der Waals surface area contributed by atoms with Crippen molar-refractivity contribution in [1.29, 1.82) is 0 Å². The molecule has 18 nitrogen and oxygen atoms in total. The van der Waals surface area contributed by atoms with Gasteiger partial charge in [0.05, 0.1) is 47.9 Å². The van der Waals surface area contributed by atoms with Crippen molar-refractivity contribution in [3.8, 4) is 22.5 Å². The molecule has 0 radical (unpaired) electrons. The molecule has 2 aromatic heterocycles. The summed E-state index contributed by atoms with van der Waals surface area (Å²) in [5, 5.41) is 15.6. The molecule has 0 bridgehead atoms. The van der Waals surface area contributed by atoms with Crippen molar-refractivity contribution in [1.82, 2.24) is 51.4 Å². The molecule has 4 aliphatic rings. The van der Waals surface area contributed by atoms with Gasteiger partial charge in [-0.05, 0) is 90.6 Å². The van der Waals surface area contributed by atoms with E-state index in [1.54, 1.807) is 53.4 Å². The summed E-state index contributed by atoms with van der Waals surface area (Å²) in [4.78, 5) is 89.2. The van der Waals surface area contributed by atoms with Crippen molar-refractivity contribution in [3.05, 3.63) is 154 Å². The van der Waals surface area contributed by atoms with Gasteiger partial charge < -0.3 is 47.7 Å². The maximum Gasteiger partial charge on any atom is 0.410 e. The van der Waals surface area contributed by atoms with Crippen molar-refractivity contribution < 1.29 is 28.7 Å². The Kier molecular flexibility index (Phi) is 13.8. The number of likely N-dealkylation sites (tertiary alicyclic amines) is 1. The molecule has 0 spiro atoms. The number of hydrogen-bond donors (Lipinski definition) is 7. The van der Waals surface area contributed by atoms with Crippen LogP contribution in [0.25, 0.3) is 22.5 Å². The Balaban J connectivity index is 0.826. The van der Waals surface area contributed by atoms with Crippen molar-refractivity contribution >= 4 is 41.4 Å². The molecule has 6 aromatic rings. The van der Waals surface area contributed by atoms with Gasteiger partial charge in [-0.1, -0.05) is 93.6 Å². The van der Waals surface area contributed by atoms with Crippen LogP contribution in [-0.4, -0.2) is 98.4 Å². The number of nitrogens with two attached hydrogens (primary N) is 2. The summed E-state index contributed by atoms with van der Waals surface area (Å²) in [5.41, 5.74) is 18.6. The van der Waals surface area contributed by atoms with Crippen LogP contribution in [0.15, 0.2) is 109 Å². The number of aryl methyl sites for hydroxylation is 1. The maximum absolute atomic E-state index is 14.6. The number of piperidine rings is 1. The van der Waals surface area contributed by atoms with Gasteiger partial charge >= 0.3 is 6.09 Å². The first kappa shape index (κ1) is 49.3. The summed E-state index contributed by atoms with van der Waals surface area (Å²) in [6, 6.07) is 27.8. The molecule has 380 valence electrons. The molecular formula is C56H60N12O6. The lowest BCUT2D eigenvalue weighted by Gasteiger charge is -2.47. The predicted molar refractivity (Wildman–Crippen MR) is 279 cm³/mol. The first-order valence-electron chi connectivity index (χ1n) is 25.2. The van der Waals surface area contributed by atoms with E-state index in [1.807, 2.05) is 63.2 Å². The average molecular weight is 997 g/mol. The van der Waals surface area contributed by atoms with Crippen LogP contribution in [0.5, 0.6) is 0 Å². The molecule has 2 aliphatic heterocycles. The lowest BCUT2D eigenvalue weighted by Crippen LogP contribution is -2.62. The number of nitrogens with zero attached hydrogens (tertiary/aromatic N) is 5. The second-order valence-corrected chi connectivity index (χ2v) is 20.6. The topological polar surface area (TPSA) is 262 Å². The molecule has 18 heteroatoms. The minimum absolute atomic E-state index is 0.000181. The Bertz CT molecular complexity index is 3150. The highest BCUT2D eigenvalue weighted by molar-refractivity contribution is 5.99. The van der Waals surface area contributed by atoms with E-state index in [4.69, 9.17) is 16.2 Å². The molecule has 6 atom stereocenters. The van der Waals surface area contributed by atoms with Gasteiger partial charge in [-0.2, -0.15) is 0 Å². The Morgan fingerprint density at radius 2 is 1.28 bits per heavy atom. The quantitative estimate of drug-likeness (QED) is 0.0773. The lowest BCUT2D eigenvalue weighted by molar-refractivity contribution is -0.00106. The van der Waals surface area contributed by atoms with E-state index in [0.717, 1.165) is 42.5 Å². The number of nitrogen functional groups attached to an aromatic ring is 2. The highest BCUT2D eigenvalue weighted by Gasteiger charge is 2.45. The second-order valence-electron chi connectivity index (χ2n) is 20.6. The molecular weight excluding hydrogens is 937 g/mol. The number of aromatic nitrogens is 4. The van der Waals surface area contributed by atoms with Crippen LogP contribution in [0.4, 0.5) is 16.4 Å². The first-order valence-corrected chi connectivity index (χ1v) is 25.2. The molecule has 5 amide bonds. The zero-order chi connectivity index (χ0) is 51.7. The molecule has 10 rings (SSSR count). The molecule has 4 aromatic carbocycles. The fourth-order valence-corrected chi connectivity index (χ4v) is 10.9. The number of carbonyl (C=O) groups excluding carboxylic acids is 5. The SMILES string of the molecule is CC(C)(C)C1C(NC(=O)c2nc(-c3cccc(C(=O)N[C@H]4CCc5ccccc54)c3)cnc2N)CCCN1C(=O)O[C@H]1Cc2ccccc2[C@H]1NC(=O)c1cccc(-c2cnc(N)c(C(=O)N[C@H]3CCNC3)n2)c1. The van der Waals surface area contributed by atoms with Crippen molar-refractivity contribution in [2.24, 2.45) is 5.41 Å². The van der Waals surface area contributed by atoms with E-state index in [2.05, 4.69) is 52.6 Å². The summed E-state index contributed by atoms with van der Waals surface area (Å²) in [7, 11) is 0. The molecule has 2 unspecified atom stereocenters. The van der Waals surface area contributed by atoms with E-state index in [9.17, 15) is 24.0 Å². The Hall–Kier alpha value is -8.25. The number of nitrogens with one attached hydrogen (secondary N) is 5. The van der Waals surface area contributed by atoms with Crippen molar-refractivity contribution in [2.45, 2.75) is 95.6 Å². The van der Waals surface area contributed by atoms with Gasteiger partial charge in [-0.3, -0.25) is 19.2 Å². The number of amides is 5. The molecule has 9 N–H and O–H groups in total. The number of hydrogen-bond acceptors (Lipinski definition) is 13. The summed E-state index contributed by atoms with van der Waals surface area (Å²) >= 11 is 0. The molecule has 2 fully saturated rings. The summed E-state index contributed by atoms with van der Waals surface area (Å²) in [6.45, 7) is 7.86. The minimum atomic E-state index is -0.761. The third kappa shape index (κ3) is 10.3. The molecule has 74 heavy (non-hydrogen) atoms. The van der Waals surface area contributed by atoms with Gasteiger partial charge in [0.25, 0.3) is 23.6 Å². The average Bonchev–Trinajstić information content (AvgIpc) is 4.16. The van der Waals surface area contributed by atoms with Crippen molar-refractivity contribution in [3.63, 3.8) is 0 Å². The molecule has 4 heterocycles. The van der Waals surface area contributed by atoms with Crippen LogP contribution in [0.2, 0.25) is 0 Å². The van der Waals surface area contributed by atoms with Crippen molar-refractivity contribution in [2.75, 3.05) is 31.1 Å². The van der Waals surface area contributed by atoms with E-state index < -0.39 is 53.5 Å². The number of rotatable bonds is 11. The fraction of sp³-hybridized carbons (Fsp3) is 0.339. The van der Waals surface area contributed by atoms with E-state index >= 15 is 0 Å². The number of fused-ring (bicyclic) bond motifs is 2. The number of benzene rings is 4. The highest BCUT2D eigenvalue weighted by atomic mass is 16.6. The summed E-state index contributed by atoms with van der Waals surface area (Å²) < 4.78 is 6.41. The Morgan fingerprint density at radius 3 is 1.92 bits per heavy atom.